The molecule has 118 valence electrons. The molecule has 0 unspecified atom stereocenters. The largest absolute Gasteiger partial charge is 0.490 e. The smallest absolute Gasteiger partial charge is 0.204 e. The van der Waals surface area contributed by atoms with Crippen LogP contribution in [0.15, 0.2) is 6.33 Å². The van der Waals surface area contributed by atoms with Gasteiger partial charge in [-0.05, 0) is 19.3 Å². The van der Waals surface area contributed by atoms with Crippen LogP contribution in [0.2, 0.25) is 0 Å². The molecule has 0 spiro atoms. The first-order chi connectivity index (χ1) is 10.1. The Morgan fingerprint density at radius 3 is 2.57 bits per heavy atom. The van der Waals surface area contributed by atoms with E-state index in [2.05, 4.69) is 27.5 Å². The molecule has 1 aromatic heterocycles. The summed E-state index contributed by atoms with van der Waals surface area (Å²) in [6.07, 6.45) is 3.64. The van der Waals surface area contributed by atoms with Crippen LogP contribution in [0.3, 0.4) is 0 Å². The minimum atomic E-state index is -2.86. The summed E-state index contributed by atoms with van der Waals surface area (Å²) in [6, 6.07) is 0.0938. The van der Waals surface area contributed by atoms with E-state index < -0.39 is 9.84 Å². The number of aromatic nitrogens is 2. The second-order valence-corrected chi connectivity index (χ2v) is 7.40. The fraction of sp³-hybridized carbons (Fsp3) is 0.692. The molecule has 21 heavy (non-hydrogen) atoms. The van der Waals surface area contributed by atoms with E-state index in [0.29, 0.717) is 30.2 Å². The molecule has 8 heteroatoms. The van der Waals surface area contributed by atoms with Crippen molar-refractivity contribution in [1.29, 1.82) is 0 Å². The van der Waals surface area contributed by atoms with Crippen LogP contribution in [0.5, 0.6) is 5.75 Å². The van der Waals surface area contributed by atoms with Crippen molar-refractivity contribution in [3.05, 3.63) is 6.33 Å². The first-order valence-corrected chi connectivity index (χ1v) is 8.97. The Morgan fingerprint density at radius 2 is 1.95 bits per heavy atom. The van der Waals surface area contributed by atoms with Gasteiger partial charge in [-0.25, -0.2) is 18.4 Å². The highest BCUT2D eigenvalue weighted by Gasteiger charge is 2.25. The van der Waals surface area contributed by atoms with E-state index in [9.17, 15) is 8.42 Å². The van der Waals surface area contributed by atoms with Crippen molar-refractivity contribution >= 4 is 21.5 Å². The Labute approximate surface area is 125 Å². The molecule has 0 saturated carbocycles. The number of hydrogen-bond donors (Lipinski definition) is 2. The minimum Gasteiger partial charge on any atom is -0.490 e. The van der Waals surface area contributed by atoms with Gasteiger partial charge in [-0.2, -0.15) is 0 Å². The second-order valence-electron chi connectivity index (χ2n) is 5.10. The standard InChI is InChI=1S/C13H22N4O3S/c1-3-6-14-12-11(20-2)13(16-9-15-12)17-10-4-7-21(18,19)8-5-10/h9-10H,3-8H2,1-2H3,(H2,14,15,16,17). The number of methoxy groups -OCH3 is 1. The Morgan fingerprint density at radius 1 is 1.29 bits per heavy atom. The monoisotopic (exact) mass is 314 g/mol. The number of hydrogen-bond acceptors (Lipinski definition) is 7. The highest BCUT2D eigenvalue weighted by molar-refractivity contribution is 7.91. The summed E-state index contributed by atoms with van der Waals surface area (Å²) in [5.74, 6) is 2.27. The van der Waals surface area contributed by atoms with E-state index in [0.717, 1.165) is 13.0 Å². The van der Waals surface area contributed by atoms with Gasteiger partial charge in [-0.15, -0.1) is 0 Å². The number of ether oxygens (including phenoxy) is 1. The third-order valence-corrected chi connectivity index (χ3v) is 5.16. The van der Waals surface area contributed by atoms with Crippen molar-refractivity contribution in [2.75, 3.05) is 35.8 Å². The normalized spacial score (nSPS) is 18.2. The van der Waals surface area contributed by atoms with Crippen molar-refractivity contribution in [3.63, 3.8) is 0 Å². The van der Waals surface area contributed by atoms with Gasteiger partial charge in [0.05, 0.1) is 18.6 Å². The van der Waals surface area contributed by atoms with Crippen molar-refractivity contribution in [3.8, 4) is 5.75 Å². The lowest BCUT2D eigenvalue weighted by atomic mass is 10.1. The summed E-state index contributed by atoms with van der Waals surface area (Å²) in [5, 5.41) is 6.47. The lowest BCUT2D eigenvalue weighted by molar-refractivity contribution is 0.413. The zero-order valence-electron chi connectivity index (χ0n) is 12.4. The lowest BCUT2D eigenvalue weighted by Gasteiger charge is -2.24. The molecular formula is C13H22N4O3S. The highest BCUT2D eigenvalue weighted by Crippen LogP contribution is 2.30. The number of nitrogens with zero attached hydrogens (tertiary/aromatic N) is 2. The molecule has 0 aromatic carbocycles. The van der Waals surface area contributed by atoms with E-state index in [-0.39, 0.29) is 17.5 Å². The molecule has 1 saturated heterocycles. The van der Waals surface area contributed by atoms with Crippen molar-refractivity contribution in [2.24, 2.45) is 0 Å². The lowest BCUT2D eigenvalue weighted by Crippen LogP contribution is -2.32. The van der Waals surface area contributed by atoms with Crippen LogP contribution in [0.1, 0.15) is 26.2 Å². The number of rotatable bonds is 6. The van der Waals surface area contributed by atoms with Gasteiger partial charge >= 0.3 is 0 Å². The average Bonchev–Trinajstić information content (AvgIpc) is 2.47. The molecule has 1 aliphatic heterocycles. The Bertz CT molecular complexity index is 563. The zero-order chi connectivity index (χ0) is 15.3. The average molecular weight is 314 g/mol. The summed E-state index contributed by atoms with van der Waals surface area (Å²) in [7, 11) is -1.28. The molecule has 1 aliphatic rings. The van der Waals surface area contributed by atoms with Gasteiger partial charge in [-0.1, -0.05) is 6.92 Å². The minimum absolute atomic E-state index is 0.0938. The topological polar surface area (TPSA) is 93.2 Å². The first-order valence-electron chi connectivity index (χ1n) is 7.15. The molecule has 1 aromatic rings. The third kappa shape index (κ3) is 4.20. The van der Waals surface area contributed by atoms with Gasteiger partial charge in [0.1, 0.15) is 16.2 Å². The zero-order valence-corrected chi connectivity index (χ0v) is 13.2. The third-order valence-electron chi connectivity index (χ3n) is 3.45. The molecular weight excluding hydrogens is 292 g/mol. The van der Waals surface area contributed by atoms with E-state index in [1.165, 1.54) is 6.33 Å². The van der Waals surface area contributed by atoms with Crippen LogP contribution >= 0.6 is 0 Å². The quantitative estimate of drug-likeness (QED) is 0.817. The predicted octanol–water partition coefficient (Wildman–Crippen LogP) is 1.30. The SMILES string of the molecule is CCCNc1ncnc(NC2CCS(=O)(=O)CC2)c1OC. The molecule has 7 nitrogen and oxygen atoms in total. The van der Waals surface area contributed by atoms with Crippen LogP contribution in [0.4, 0.5) is 11.6 Å². The molecule has 0 bridgehead atoms. The number of nitrogens with one attached hydrogen (secondary N) is 2. The summed E-state index contributed by atoms with van der Waals surface area (Å²) in [4.78, 5) is 8.39. The maximum absolute atomic E-state index is 11.5. The Balaban J connectivity index is 2.09. The number of anilines is 2. The van der Waals surface area contributed by atoms with Crippen molar-refractivity contribution < 1.29 is 13.2 Å². The van der Waals surface area contributed by atoms with Crippen LogP contribution < -0.4 is 15.4 Å². The molecule has 2 rings (SSSR count). The van der Waals surface area contributed by atoms with Crippen LogP contribution in [-0.2, 0) is 9.84 Å². The van der Waals surface area contributed by atoms with Gasteiger partial charge in [0.15, 0.2) is 11.6 Å². The van der Waals surface area contributed by atoms with Gasteiger partial charge < -0.3 is 15.4 Å². The van der Waals surface area contributed by atoms with Gasteiger partial charge in [0.25, 0.3) is 0 Å². The fourth-order valence-corrected chi connectivity index (χ4v) is 3.76. The van der Waals surface area contributed by atoms with Crippen LogP contribution in [0.25, 0.3) is 0 Å². The molecule has 0 amide bonds. The summed E-state index contributed by atoms with van der Waals surface area (Å²) in [5.41, 5.74) is 0. The second kappa shape index (κ2) is 6.93. The maximum Gasteiger partial charge on any atom is 0.204 e. The maximum atomic E-state index is 11.5. The van der Waals surface area contributed by atoms with Crippen LogP contribution in [0, 0.1) is 0 Å². The Hall–Kier alpha value is -1.57. The van der Waals surface area contributed by atoms with E-state index in [1.54, 1.807) is 7.11 Å². The first kappa shape index (κ1) is 15.8. The Kier molecular flexibility index (Phi) is 5.22. The summed E-state index contributed by atoms with van der Waals surface area (Å²) in [6.45, 7) is 2.87. The van der Waals surface area contributed by atoms with Gasteiger partial charge in [-0.3, -0.25) is 0 Å². The van der Waals surface area contributed by atoms with E-state index >= 15 is 0 Å². The molecule has 2 N–H and O–H groups in total. The van der Waals surface area contributed by atoms with Crippen molar-refractivity contribution in [2.45, 2.75) is 32.2 Å². The van der Waals surface area contributed by atoms with E-state index in [4.69, 9.17) is 4.74 Å². The number of sulfone groups is 1. The predicted molar refractivity (Wildman–Crippen MR) is 82.7 cm³/mol. The van der Waals surface area contributed by atoms with Gasteiger partial charge in [0.2, 0.25) is 5.75 Å². The van der Waals surface area contributed by atoms with Crippen LogP contribution in [-0.4, -0.2) is 49.6 Å². The summed E-state index contributed by atoms with van der Waals surface area (Å²) < 4.78 is 28.3. The fourth-order valence-electron chi connectivity index (χ4n) is 2.27. The molecule has 1 fully saturated rings. The molecule has 0 radical (unpaired) electrons. The van der Waals surface area contributed by atoms with Gasteiger partial charge in [0, 0.05) is 12.6 Å². The molecule has 2 heterocycles. The molecule has 0 aliphatic carbocycles. The van der Waals surface area contributed by atoms with Crippen molar-refractivity contribution in [1.82, 2.24) is 9.97 Å². The summed E-state index contributed by atoms with van der Waals surface area (Å²) >= 11 is 0. The highest BCUT2D eigenvalue weighted by atomic mass is 32.2. The van der Waals surface area contributed by atoms with E-state index in [1.807, 2.05) is 0 Å². The molecule has 0 atom stereocenters.